The number of fused-ring (bicyclic) bond motifs is 2. The maximum absolute atomic E-state index is 3.14. The summed E-state index contributed by atoms with van der Waals surface area (Å²) in [6.07, 6.45) is 0. The minimum atomic E-state index is 0.155. The third-order valence-electron chi connectivity index (χ3n) is 7.94. The number of hydrogen-bond acceptors (Lipinski definition) is 0. The lowest BCUT2D eigenvalue weighted by molar-refractivity contribution is 0.323. The third-order valence-corrected chi connectivity index (χ3v) is 68.1. The lowest BCUT2D eigenvalue weighted by Crippen LogP contribution is -2.72. The summed E-state index contributed by atoms with van der Waals surface area (Å²) in [5, 5.41) is 0.310. The van der Waals surface area contributed by atoms with E-state index in [1.807, 2.05) is 0 Å². The minimum Gasteiger partial charge on any atom is -0.0586 e. The second-order valence-electron chi connectivity index (χ2n) is 13.4. The van der Waals surface area contributed by atoms with Crippen LogP contribution in [0.25, 0.3) is 0 Å². The van der Waals surface area contributed by atoms with E-state index in [0.29, 0.717) is 21.7 Å². The molecule has 0 bridgehead atoms. The molecular formula is C20H36I2P6. The first-order valence-corrected chi connectivity index (χ1v) is 25.5. The Morgan fingerprint density at radius 2 is 0.643 bits per heavy atom. The molecule has 0 aromatic rings. The summed E-state index contributed by atoms with van der Waals surface area (Å²) in [5.74, 6) is 0. The molecule has 5 saturated heterocycles. The molecule has 0 nitrogen and oxygen atoms in total. The minimum absolute atomic E-state index is 0.155. The van der Waals surface area contributed by atoms with Crippen molar-refractivity contribution in [2.75, 3.05) is 0 Å². The van der Waals surface area contributed by atoms with Crippen molar-refractivity contribution in [3.8, 4) is 0 Å². The van der Waals surface area contributed by atoms with Crippen molar-refractivity contribution in [2.24, 2.45) is 21.7 Å². The molecule has 160 valence electrons. The fraction of sp³-hybridized carbons (Fsp3) is 1.00. The predicted molar refractivity (Wildman–Crippen MR) is 158 cm³/mol. The molecule has 0 amide bonds. The van der Waals surface area contributed by atoms with Crippen LogP contribution in [0.2, 0.25) is 0 Å². The third kappa shape index (κ3) is 1.76. The van der Waals surface area contributed by atoms with Crippen LogP contribution in [0.1, 0.15) is 83.1 Å². The van der Waals surface area contributed by atoms with E-state index in [4.69, 9.17) is 0 Å². The van der Waals surface area contributed by atoms with E-state index in [2.05, 4.69) is 127 Å². The zero-order chi connectivity index (χ0) is 21.5. The Bertz CT molecular complexity index is 712. The molecule has 0 spiro atoms. The van der Waals surface area contributed by atoms with E-state index >= 15 is 0 Å². The first kappa shape index (κ1) is 23.8. The van der Waals surface area contributed by atoms with Gasteiger partial charge < -0.3 is 0 Å². The Balaban J connectivity index is 1.90. The molecule has 28 heavy (non-hydrogen) atoms. The standard InChI is InChI=1S/C20H36I2P6/c1-13(2,3)17-23-18(14(4,5)6)24(17)20(16(10,11)12)26(18)28(22)19(23,15(7,8)9)25(17)27(20)21/h1-12H3. The summed E-state index contributed by atoms with van der Waals surface area (Å²) in [4.78, 5) is 0. The van der Waals surface area contributed by atoms with Gasteiger partial charge in [-0.15, -0.1) is 0 Å². The van der Waals surface area contributed by atoms with Gasteiger partial charge in [0, 0.05) is 19.8 Å². The van der Waals surface area contributed by atoms with Crippen LogP contribution >= 0.6 is 85.7 Å². The van der Waals surface area contributed by atoms with Gasteiger partial charge in [-0.05, 0) is 81.0 Å². The SMILES string of the molecule is CC(C)(C)C12P(I)P3C4(C(C)(C)C)P(I)P1C1(C(C)(C)C)P2C3(C(C)(C)C)P41. The summed E-state index contributed by atoms with van der Waals surface area (Å²) in [7, 11) is 0.683. The zero-order valence-electron chi connectivity index (χ0n) is 19.4. The average Bonchev–Trinajstić information content (AvgIpc) is 2.59. The first-order valence-electron chi connectivity index (χ1n) is 10.4. The van der Waals surface area contributed by atoms with Gasteiger partial charge in [-0.1, -0.05) is 98.9 Å². The molecular weight excluding hydrogens is 680 g/mol. The zero-order valence-corrected chi connectivity index (χ0v) is 29.1. The van der Waals surface area contributed by atoms with Crippen molar-refractivity contribution >= 4 is 85.7 Å². The summed E-state index contributed by atoms with van der Waals surface area (Å²) in [5.41, 5.74) is 2.08. The molecule has 5 heterocycles. The van der Waals surface area contributed by atoms with Crippen LogP contribution in [0.15, 0.2) is 0 Å². The van der Waals surface area contributed by atoms with Crippen LogP contribution < -0.4 is 0 Å². The highest BCUT2D eigenvalue weighted by atomic mass is 127. The van der Waals surface area contributed by atoms with Gasteiger partial charge >= 0.3 is 0 Å². The van der Waals surface area contributed by atoms with Crippen LogP contribution in [0.4, 0.5) is 0 Å². The van der Waals surface area contributed by atoms with Gasteiger partial charge in [-0.25, -0.2) is 0 Å². The number of rotatable bonds is 0. The summed E-state index contributed by atoms with van der Waals surface area (Å²) in [6, 6.07) is 0. The van der Waals surface area contributed by atoms with Crippen molar-refractivity contribution < 1.29 is 0 Å². The van der Waals surface area contributed by atoms with Crippen molar-refractivity contribution in [1.29, 1.82) is 0 Å². The van der Waals surface area contributed by atoms with Crippen LogP contribution in [0.3, 0.4) is 0 Å². The summed E-state index contributed by atoms with van der Waals surface area (Å²) < 4.78 is 3.21. The Kier molecular flexibility index (Phi) is 4.85. The van der Waals surface area contributed by atoms with Crippen molar-refractivity contribution in [2.45, 2.75) is 102 Å². The van der Waals surface area contributed by atoms with E-state index < -0.39 is 0 Å². The predicted octanol–water partition coefficient (Wildman–Crippen LogP) is 12.3. The Labute approximate surface area is 207 Å². The lowest BCUT2D eigenvalue weighted by atomic mass is 9.97. The topological polar surface area (TPSA) is 0 Å². The normalized spacial score (nSPS) is 58.9. The average molecular weight is 716 g/mol. The molecule has 0 radical (unpaired) electrons. The monoisotopic (exact) mass is 716 g/mol. The molecule has 0 aromatic heterocycles. The Morgan fingerprint density at radius 3 is 0.821 bits per heavy atom. The molecule has 5 rings (SSSR count). The van der Waals surface area contributed by atoms with E-state index in [1.165, 1.54) is 0 Å². The van der Waals surface area contributed by atoms with E-state index in [-0.39, 0.29) is 41.6 Å². The van der Waals surface area contributed by atoms with E-state index in [0.717, 1.165) is 18.6 Å². The molecule has 0 aliphatic carbocycles. The van der Waals surface area contributed by atoms with Gasteiger partial charge in [-0.2, -0.15) is 0 Å². The van der Waals surface area contributed by atoms with E-state index in [9.17, 15) is 0 Å². The second kappa shape index (κ2) is 5.71. The molecule has 0 saturated carbocycles. The summed E-state index contributed by atoms with van der Waals surface area (Å²) in [6.45, 7) is 32.1. The Morgan fingerprint density at radius 1 is 0.429 bits per heavy atom. The molecule has 5 aliphatic heterocycles. The molecule has 0 N–H and O–H groups in total. The second-order valence-corrected chi connectivity index (χ2v) is 44.4. The van der Waals surface area contributed by atoms with Gasteiger partial charge in [0.1, 0.15) is 0 Å². The van der Waals surface area contributed by atoms with Gasteiger partial charge in [0.25, 0.3) is 0 Å². The lowest BCUT2D eigenvalue weighted by Gasteiger charge is -2.90. The number of hydrogen-bond donors (Lipinski definition) is 0. The summed E-state index contributed by atoms with van der Waals surface area (Å²) >= 11 is 6.28. The molecule has 6 atom stereocenters. The van der Waals surface area contributed by atoms with Crippen LogP contribution in [-0.4, -0.2) is 18.6 Å². The smallest absolute Gasteiger partial charge is 0.0562 e. The molecule has 0 aromatic carbocycles. The largest absolute Gasteiger partial charge is 0.0586 e. The highest BCUT2D eigenvalue weighted by molar-refractivity contribution is 14.2. The number of halogens is 2. The molecule has 6 unspecified atom stereocenters. The van der Waals surface area contributed by atoms with Crippen LogP contribution in [-0.2, 0) is 0 Å². The van der Waals surface area contributed by atoms with Crippen LogP contribution in [0, 0.1) is 21.7 Å². The maximum Gasteiger partial charge on any atom is 0.0562 e. The Hall–Kier alpha value is 4.04. The maximum atomic E-state index is 3.14. The quantitative estimate of drug-likeness (QED) is 0.173. The van der Waals surface area contributed by atoms with Gasteiger partial charge in [-0.3, -0.25) is 0 Å². The van der Waals surface area contributed by atoms with E-state index in [1.54, 1.807) is 0 Å². The van der Waals surface area contributed by atoms with Crippen LogP contribution in [0.5, 0.6) is 0 Å². The van der Waals surface area contributed by atoms with Crippen molar-refractivity contribution in [3.05, 3.63) is 0 Å². The highest BCUT2D eigenvalue weighted by Gasteiger charge is 3.13. The molecule has 5 aliphatic rings. The fourth-order valence-corrected chi connectivity index (χ4v) is 117. The fourth-order valence-electron chi connectivity index (χ4n) is 7.30. The molecule has 5 fully saturated rings. The van der Waals surface area contributed by atoms with Gasteiger partial charge in [0.05, 0.1) is 9.28 Å². The van der Waals surface area contributed by atoms with Crippen molar-refractivity contribution in [1.82, 2.24) is 0 Å². The highest BCUT2D eigenvalue weighted by Crippen LogP contribution is 3.50. The van der Waals surface area contributed by atoms with Crippen molar-refractivity contribution in [3.63, 3.8) is 0 Å². The first-order chi connectivity index (χ1) is 12.3. The van der Waals surface area contributed by atoms with Gasteiger partial charge in [0.15, 0.2) is 0 Å². The molecule has 8 heteroatoms. The van der Waals surface area contributed by atoms with Gasteiger partial charge in [0.2, 0.25) is 0 Å².